The highest BCUT2D eigenvalue weighted by Crippen LogP contribution is 2.42. The van der Waals surface area contributed by atoms with Crippen LogP contribution in [0.3, 0.4) is 0 Å². The van der Waals surface area contributed by atoms with Gasteiger partial charge in [0.1, 0.15) is 11.4 Å². The molecule has 2 heterocycles. The van der Waals surface area contributed by atoms with Crippen LogP contribution in [0, 0.1) is 0 Å². The predicted octanol–water partition coefficient (Wildman–Crippen LogP) is 2.75. The number of benzene rings is 1. The Morgan fingerprint density at radius 3 is 2.54 bits per heavy atom. The molecule has 140 valence electrons. The number of ether oxygens (including phenoxy) is 2. The lowest BCUT2D eigenvalue weighted by atomic mass is 9.82. The Bertz CT molecular complexity index is 746. The number of likely N-dealkylation sites (tertiary alicyclic amines) is 1. The molecule has 1 N–H and O–H groups in total. The van der Waals surface area contributed by atoms with Crippen molar-refractivity contribution in [1.82, 2.24) is 4.90 Å². The highest BCUT2D eigenvalue weighted by molar-refractivity contribution is 6.13. The zero-order valence-electron chi connectivity index (χ0n) is 15.8. The van der Waals surface area contributed by atoms with Gasteiger partial charge in [-0.1, -0.05) is 12.1 Å². The Morgan fingerprint density at radius 1 is 1.27 bits per heavy atom. The Morgan fingerprint density at radius 2 is 1.92 bits per heavy atom. The first-order chi connectivity index (χ1) is 12.4. The Balaban J connectivity index is 1.86. The third-order valence-electron chi connectivity index (χ3n) is 5.34. The molecule has 6 nitrogen and oxygen atoms in total. The molecule has 1 aromatic rings. The smallest absolute Gasteiger partial charge is 0.335 e. The highest BCUT2D eigenvalue weighted by Gasteiger charge is 2.51. The number of nitrogens with zero attached hydrogens (tertiary/aromatic N) is 1. The molecule has 3 rings (SSSR count). The van der Waals surface area contributed by atoms with Gasteiger partial charge >= 0.3 is 5.97 Å². The number of anilines is 1. The first-order valence-electron chi connectivity index (χ1n) is 9.01. The van der Waals surface area contributed by atoms with Crippen molar-refractivity contribution >= 4 is 17.6 Å². The van der Waals surface area contributed by atoms with E-state index in [-0.39, 0.29) is 5.91 Å². The topological polar surface area (TPSA) is 67.9 Å². The Kier molecular flexibility index (Phi) is 5.05. The fourth-order valence-corrected chi connectivity index (χ4v) is 3.81. The largest absolute Gasteiger partial charge is 0.495 e. The Labute approximate surface area is 154 Å². The van der Waals surface area contributed by atoms with E-state index < -0.39 is 11.6 Å². The van der Waals surface area contributed by atoms with Gasteiger partial charge in [-0.2, -0.15) is 0 Å². The third-order valence-corrected chi connectivity index (χ3v) is 5.34. The van der Waals surface area contributed by atoms with Crippen molar-refractivity contribution in [2.24, 2.45) is 0 Å². The lowest BCUT2D eigenvalue weighted by Crippen LogP contribution is -2.49. The Hall–Kier alpha value is -2.34. The van der Waals surface area contributed by atoms with Gasteiger partial charge in [0, 0.05) is 37.5 Å². The van der Waals surface area contributed by atoms with Crippen LogP contribution in [0.1, 0.15) is 33.6 Å². The number of rotatable bonds is 4. The van der Waals surface area contributed by atoms with Crippen molar-refractivity contribution in [3.8, 4) is 5.75 Å². The van der Waals surface area contributed by atoms with Gasteiger partial charge in [0.05, 0.1) is 18.4 Å². The minimum atomic E-state index is -0.821. The van der Waals surface area contributed by atoms with Gasteiger partial charge in [-0.05, 0) is 32.9 Å². The number of piperidine rings is 1. The number of para-hydroxylation sites is 2. The lowest BCUT2D eigenvalue weighted by molar-refractivity contribution is -0.151. The average Bonchev–Trinajstić information content (AvgIpc) is 2.85. The number of amides is 1. The van der Waals surface area contributed by atoms with Crippen LogP contribution in [0.2, 0.25) is 0 Å². The van der Waals surface area contributed by atoms with Crippen LogP contribution < -0.4 is 10.1 Å². The zero-order chi connectivity index (χ0) is 18.9. The summed E-state index contributed by atoms with van der Waals surface area (Å²) < 4.78 is 11.0. The summed E-state index contributed by atoms with van der Waals surface area (Å²) in [5.41, 5.74) is 0.611. The van der Waals surface area contributed by atoms with E-state index in [0.717, 1.165) is 13.1 Å². The molecule has 6 heteroatoms. The summed E-state index contributed by atoms with van der Waals surface area (Å²) in [6.07, 6.45) is 1.26. The van der Waals surface area contributed by atoms with Gasteiger partial charge in [-0.15, -0.1) is 0 Å². The fourth-order valence-electron chi connectivity index (χ4n) is 3.81. The van der Waals surface area contributed by atoms with Crippen LogP contribution in [-0.2, 0) is 14.3 Å². The molecule has 0 aliphatic carbocycles. The second-order valence-corrected chi connectivity index (χ2v) is 7.17. The van der Waals surface area contributed by atoms with Gasteiger partial charge < -0.3 is 19.7 Å². The molecule has 1 amide bonds. The van der Waals surface area contributed by atoms with E-state index in [0.29, 0.717) is 41.5 Å². The minimum absolute atomic E-state index is 0.296. The van der Waals surface area contributed by atoms with E-state index in [1.807, 2.05) is 12.1 Å². The van der Waals surface area contributed by atoms with Crippen molar-refractivity contribution in [2.75, 3.05) is 25.5 Å². The molecule has 1 aromatic carbocycles. The summed E-state index contributed by atoms with van der Waals surface area (Å²) in [7, 11) is 1.56. The summed E-state index contributed by atoms with van der Waals surface area (Å²) in [5, 5.41) is 2.89. The van der Waals surface area contributed by atoms with E-state index in [4.69, 9.17) is 9.47 Å². The van der Waals surface area contributed by atoms with Crippen LogP contribution in [0.15, 0.2) is 35.4 Å². The fraction of sp³-hybridized carbons (Fsp3) is 0.500. The van der Waals surface area contributed by atoms with Crippen molar-refractivity contribution in [2.45, 2.75) is 45.3 Å². The molecule has 2 aliphatic heterocycles. The number of nitrogens with one attached hydrogen (secondary N) is 1. The maximum Gasteiger partial charge on any atom is 0.335 e. The minimum Gasteiger partial charge on any atom is -0.495 e. The molecular weight excluding hydrogens is 332 g/mol. The van der Waals surface area contributed by atoms with Crippen LogP contribution in [0.4, 0.5) is 5.69 Å². The number of hydrogen-bond acceptors (Lipinski definition) is 5. The molecule has 0 atom stereocenters. The zero-order valence-corrected chi connectivity index (χ0v) is 15.8. The first-order valence-corrected chi connectivity index (χ1v) is 9.01. The highest BCUT2D eigenvalue weighted by atomic mass is 16.6. The van der Waals surface area contributed by atoms with Crippen molar-refractivity contribution in [3.05, 3.63) is 35.4 Å². The summed E-state index contributed by atoms with van der Waals surface area (Å²) in [4.78, 5) is 27.6. The summed E-state index contributed by atoms with van der Waals surface area (Å²) in [6, 6.07) is 7.65. The third kappa shape index (κ3) is 3.21. The van der Waals surface area contributed by atoms with E-state index >= 15 is 0 Å². The van der Waals surface area contributed by atoms with Gasteiger partial charge in [-0.25, -0.2) is 4.79 Å². The predicted molar refractivity (Wildman–Crippen MR) is 99.1 cm³/mol. The number of esters is 1. The van der Waals surface area contributed by atoms with Crippen molar-refractivity contribution in [1.29, 1.82) is 0 Å². The molecular formula is C20H26N2O4. The summed E-state index contributed by atoms with van der Waals surface area (Å²) >= 11 is 0. The number of carbonyl (C=O) groups is 2. The van der Waals surface area contributed by atoms with E-state index in [2.05, 4.69) is 24.1 Å². The molecule has 1 spiro atoms. The monoisotopic (exact) mass is 358 g/mol. The molecule has 1 saturated heterocycles. The maximum absolute atomic E-state index is 13.1. The van der Waals surface area contributed by atoms with Crippen LogP contribution >= 0.6 is 0 Å². The lowest BCUT2D eigenvalue weighted by Gasteiger charge is -2.40. The quantitative estimate of drug-likeness (QED) is 0.838. The molecule has 0 unspecified atom stereocenters. The molecule has 0 saturated carbocycles. The second kappa shape index (κ2) is 7.11. The number of carbonyl (C=O) groups excluding carboxylic acids is 2. The van der Waals surface area contributed by atoms with Crippen molar-refractivity contribution < 1.29 is 19.1 Å². The van der Waals surface area contributed by atoms with Gasteiger partial charge in [0.15, 0.2) is 0 Å². The van der Waals surface area contributed by atoms with E-state index in [1.54, 1.807) is 26.2 Å². The molecule has 0 radical (unpaired) electrons. The molecule has 1 fully saturated rings. The number of methoxy groups -OCH3 is 1. The first kappa shape index (κ1) is 18.5. The molecule has 0 bridgehead atoms. The van der Waals surface area contributed by atoms with Gasteiger partial charge in [-0.3, -0.25) is 4.79 Å². The van der Waals surface area contributed by atoms with E-state index in [1.165, 1.54) is 0 Å². The number of hydrogen-bond donors (Lipinski definition) is 1. The van der Waals surface area contributed by atoms with Gasteiger partial charge in [0.2, 0.25) is 0 Å². The molecule has 0 aromatic heterocycles. The standard InChI is InChI=1S/C20H26N2O4/c1-13(2)22-11-9-20(10-12-22)17(14(3)19(24)26-20)18(23)21-15-7-5-6-8-16(15)25-4/h5-8,13H,9-12H2,1-4H3,(H,21,23). The summed E-state index contributed by atoms with van der Waals surface area (Å²) in [6.45, 7) is 7.56. The SMILES string of the molecule is COc1ccccc1NC(=O)C1=C(C)C(=O)OC12CCN(C(C)C)CC2. The van der Waals surface area contributed by atoms with Gasteiger partial charge in [0.25, 0.3) is 5.91 Å². The molecule has 2 aliphatic rings. The van der Waals surface area contributed by atoms with E-state index in [9.17, 15) is 9.59 Å². The van der Waals surface area contributed by atoms with Crippen molar-refractivity contribution in [3.63, 3.8) is 0 Å². The second-order valence-electron chi connectivity index (χ2n) is 7.17. The van der Waals surface area contributed by atoms with Crippen LogP contribution in [0.25, 0.3) is 0 Å². The normalized spacial score (nSPS) is 19.8. The van der Waals surface area contributed by atoms with Crippen LogP contribution in [-0.4, -0.2) is 48.6 Å². The summed E-state index contributed by atoms with van der Waals surface area (Å²) in [5.74, 6) is -0.114. The average molecular weight is 358 g/mol. The maximum atomic E-state index is 13.1. The molecule has 26 heavy (non-hydrogen) atoms. The van der Waals surface area contributed by atoms with Crippen LogP contribution in [0.5, 0.6) is 5.75 Å².